The second kappa shape index (κ2) is 18.7. The first-order valence-electron chi connectivity index (χ1n) is 9.66. The van der Waals surface area contributed by atoms with Crippen LogP contribution < -0.4 is 10.6 Å². The molecular weight excluding hydrogens is 433 g/mol. The first-order chi connectivity index (χ1) is 11.9. The highest BCUT2D eigenvalue weighted by atomic mass is 127. The van der Waals surface area contributed by atoms with Crippen LogP contribution in [0.25, 0.3) is 0 Å². The van der Waals surface area contributed by atoms with Crippen LogP contribution in [-0.4, -0.2) is 64.7 Å². The van der Waals surface area contributed by atoms with Crippen molar-refractivity contribution in [3.8, 4) is 0 Å². The maximum atomic E-state index is 5.87. The molecule has 2 N–H and O–H groups in total. The SMILES string of the molecule is CCCCOCCCN=C(NCC)NCCCOC1CCOCC1.I. The van der Waals surface area contributed by atoms with E-state index in [4.69, 9.17) is 14.2 Å². The maximum Gasteiger partial charge on any atom is 0.191 e. The van der Waals surface area contributed by atoms with Gasteiger partial charge in [0.05, 0.1) is 6.10 Å². The Morgan fingerprint density at radius 2 is 1.80 bits per heavy atom. The van der Waals surface area contributed by atoms with Crippen LogP contribution in [0.2, 0.25) is 0 Å². The number of guanidine groups is 1. The Kier molecular flexibility index (Phi) is 18.6. The van der Waals surface area contributed by atoms with Crippen LogP contribution in [0, 0.1) is 0 Å². The van der Waals surface area contributed by atoms with Gasteiger partial charge in [0, 0.05) is 52.7 Å². The van der Waals surface area contributed by atoms with E-state index in [1.165, 1.54) is 6.42 Å². The predicted molar refractivity (Wildman–Crippen MR) is 114 cm³/mol. The van der Waals surface area contributed by atoms with Crippen molar-refractivity contribution >= 4 is 29.9 Å². The molecule has 1 rings (SSSR count). The summed E-state index contributed by atoms with van der Waals surface area (Å²) < 4.78 is 16.8. The Labute approximate surface area is 170 Å². The lowest BCUT2D eigenvalue weighted by atomic mass is 10.1. The topological polar surface area (TPSA) is 64.1 Å². The van der Waals surface area contributed by atoms with Gasteiger partial charge in [0.15, 0.2) is 5.96 Å². The van der Waals surface area contributed by atoms with E-state index in [2.05, 4.69) is 29.5 Å². The van der Waals surface area contributed by atoms with Gasteiger partial charge < -0.3 is 24.8 Å². The van der Waals surface area contributed by atoms with Crippen molar-refractivity contribution in [2.75, 3.05) is 52.7 Å². The molecule has 0 saturated carbocycles. The lowest BCUT2D eigenvalue weighted by Gasteiger charge is -2.22. The van der Waals surface area contributed by atoms with Crippen molar-refractivity contribution in [2.24, 2.45) is 4.99 Å². The lowest BCUT2D eigenvalue weighted by Crippen LogP contribution is -2.38. The number of aliphatic imine (C=N–C) groups is 1. The molecule has 0 unspecified atom stereocenters. The third-order valence-electron chi connectivity index (χ3n) is 3.84. The molecule has 0 aromatic carbocycles. The smallest absolute Gasteiger partial charge is 0.191 e. The summed E-state index contributed by atoms with van der Waals surface area (Å²) in [5, 5.41) is 6.64. The molecule has 6 nitrogen and oxygen atoms in total. The predicted octanol–water partition coefficient (Wildman–Crippen LogP) is 2.95. The van der Waals surface area contributed by atoms with E-state index in [1.54, 1.807) is 0 Å². The van der Waals surface area contributed by atoms with Crippen LogP contribution in [0.1, 0.15) is 52.4 Å². The van der Waals surface area contributed by atoms with E-state index in [-0.39, 0.29) is 24.0 Å². The summed E-state index contributed by atoms with van der Waals surface area (Å²) in [4.78, 5) is 4.58. The summed E-state index contributed by atoms with van der Waals surface area (Å²) in [7, 11) is 0. The molecule has 0 radical (unpaired) electrons. The minimum atomic E-state index is 0. The number of hydrogen-bond donors (Lipinski definition) is 2. The summed E-state index contributed by atoms with van der Waals surface area (Å²) in [5.74, 6) is 0.886. The monoisotopic (exact) mass is 471 g/mol. The molecule has 1 aliphatic rings. The number of ether oxygens (including phenoxy) is 3. The second-order valence-corrected chi connectivity index (χ2v) is 6.04. The van der Waals surface area contributed by atoms with Gasteiger partial charge in [0.25, 0.3) is 0 Å². The van der Waals surface area contributed by atoms with Crippen LogP contribution in [0.15, 0.2) is 4.99 Å². The molecule has 0 aromatic heterocycles. The number of hydrogen-bond acceptors (Lipinski definition) is 4. The summed E-state index contributed by atoms with van der Waals surface area (Å²) in [5.41, 5.74) is 0. The minimum Gasteiger partial charge on any atom is -0.381 e. The summed E-state index contributed by atoms with van der Waals surface area (Å²) >= 11 is 0. The van der Waals surface area contributed by atoms with Crippen molar-refractivity contribution in [1.29, 1.82) is 0 Å². The van der Waals surface area contributed by atoms with E-state index >= 15 is 0 Å². The molecule has 25 heavy (non-hydrogen) atoms. The van der Waals surface area contributed by atoms with Crippen LogP contribution in [-0.2, 0) is 14.2 Å². The molecule has 0 atom stereocenters. The van der Waals surface area contributed by atoms with Gasteiger partial charge in [0.2, 0.25) is 0 Å². The van der Waals surface area contributed by atoms with Gasteiger partial charge in [-0.05, 0) is 39.0 Å². The third kappa shape index (κ3) is 14.7. The Morgan fingerprint density at radius 3 is 2.52 bits per heavy atom. The molecular formula is C18H38IN3O3. The van der Waals surface area contributed by atoms with Crippen molar-refractivity contribution in [1.82, 2.24) is 10.6 Å². The van der Waals surface area contributed by atoms with Gasteiger partial charge in [-0.2, -0.15) is 0 Å². The van der Waals surface area contributed by atoms with E-state index < -0.39 is 0 Å². The number of nitrogens with one attached hydrogen (secondary N) is 2. The summed E-state index contributed by atoms with van der Waals surface area (Å²) in [6, 6.07) is 0. The zero-order valence-electron chi connectivity index (χ0n) is 16.1. The number of halogens is 1. The van der Waals surface area contributed by atoms with E-state index in [0.717, 1.165) is 90.7 Å². The second-order valence-electron chi connectivity index (χ2n) is 6.04. The molecule has 0 aromatic rings. The van der Waals surface area contributed by atoms with Crippen LogP contribution in [0.5, 0.6) is 0 Å². The molecule has 1 heterocycles. The van der Waals surface area contributed by atoms with Crippen molar-refractivity contribution < 1.29 is 14.2 Å². The van der Waals surface area contributed by atoms with Gasteiger partial charge in [-0.3, -0.25) is 4.99 Å². The molecule has 7 heteroatoms. The fraction of sp³-hybridized carbons (Fsp3) is 0.944. The normalized spacial score (nSPS) is 15.7. The fourth-order valence-electron chi connectivity index (χ4n) is 2.42. The Hall–Kier alpha value is -0.120. The molecule has 0 amide bonds. The Bertz CT molecular complexity index is 314. The van der Waals surface area contributed by atoms with E-state index in [9.17, 15) is 0 Å². The van der Waals surface area contributed by atoms with Gasteiger partial charge in [-0.1, -0.05) is 13.3 Å². The van der Waals surface area contributed by atoms with Crippen molar-refractivity contribution in [3.05, 3.63) is 0 Å². The molecule has 1 aliphatic heterocycles. The molecule has 0 spiro atoms. The summed E-state index contributed by atoms with van der Waals surface area (Å²) in [6.07, 6.45) is 6.72. The van der Waals surface area contributed by atoms with Crippen LogP contribution in [0.4, 0.5) is 0 Å². The third-order valence-corrected chi connectivity index (χ3v) is 3.84. The highest BCUT2D eigenvalue weighted by molar-refractivity contribution is 14.0. The van der Waals surface area contributed by atoms with E-state index in [1.807, 2.05) is 0 Å². The average molecular weight is 471 g/mol. The van der Waals surface area contributed by atoms with E-state index in [0.29, 0.717) is 6.10 Å². The first kappa shape index (κ1) is 24.9. The molecule has 1 fully saturated rings. The molecule has 150 valence electrons. The Morgan fingerprint density at radius 1 is 1.04 bits per heavy atom. The van der Waals surface area contributed by atoms with Crippen LogP contribution in [0.3, 0.4) is 0 Å². The first-order valence-corrected chi connectivity index (χ1v) is 9.66. The van der Waals surface area contributed by atoms with Gasteiger partial charge in [-0.25, -0.2) is 0 Å². The molecule has 0 bridgehead atoms. The quantitative estimate of drug-likeness (QED) is 0.187. The average Bonchev–Trinajstić information content (AvgIpc) is 2.61. The van der Waals surface area contributed by atoms with Crippen molar-refractivity contribution in [3.63, 3.8) is 0 Å². The maximum absolute atomic E-state index is 5.87. The number of nitrogens with zero attached hydrogens (tertiary/aromatic N) is 1. The summed E-state index contributed by atoms with van der Waals surface area (Å²) in [6.45, 7) is 10.9. The van der Waals surface area contributed by atoms with Gasteiger partial charge >= 0.3 is 0 Å². The van der Waals surface area contributed by atoms with Crippen LogP contribution >= 0.6 is 24.0 Å². The lowest BCUT2D eigenvalue weighted by molar-refractivity contribution is -0.0320. The Balaban J connectivity index is 0.00000576. The highest BCUT2D eigenvalue weighted by Gasteiger charge is 2.13. The largest absolute Gasteiger partial charge is 0.381 e. The minimum absolute atomic E-state index is 0. The van der Waals surface area contributed by atoms with Gasteiger partial charge in [-0.15, -0.1) is 24.0 Å². The highest BCUT2D eigenvalue weighted by Crippen LogP contribution is 2.10. The zero-order chi connectivity index (χ0) is 17.3. The fourth-order valence-corrected chi connectivity index (χ4v) is 2.42. The van der Waals surface area contributed by atoms with Crippen molar-refractivity contribution in [2.45, 2.75) is 58.5 Å². The number of unbranched alkanes of at least 4 members (excludes halogenated alkanes) is 1. The van der Waals surface area contributed by atoms with Gasteiger partial charge in [0.1, 0.15) is 0 Å². The molecule has 0 aliphatic carbocycles. The standard InChI is InChI=1S/C18H37N3O3.HI/c1-3-5-12-22-13-6-10-20-18(19-4-2)21-11-7-14-24-17-8-15-23-16-9-17;/h17H,3-16H2,1-2H3,(H2,19,20,21);1H. The number of rotatable bonds is 13. The molecule has 1 saturated heterocycles. The zero-order valence-corrected chi connectivity index (χ0v) is 18.4.